The Morgan fingerprint density at radius 2 is 1.61 bits per heavy atom. The van der Waals surface area contributed by atoms with E-state index in [0.717, 1.165) is 54.7 Å². The summed E-state index contributed by atoms with van der Waals surface area (Å²) in [6.07, 6.45) is 5.39. The molecule has 36 heavy (non-hydrogen) atoms. The lowest BCUT2D eigenvalue weighted by Gasteiger charge is -2.31. The molecule has 2 aromatic rings. The van der Waals surface area contributed by atoms with Gasteiger partial charge in [-0.15, -0.1) is 0 Å². The normalized spacial score (nSPS) is 20.9. The number of carbonyl (C=O) groups is 2. The molecule has 5 heteroatoms. The zero-order valence-corrected chi connectivity index (χ0v) is 23.6. The Hall–Kier alpha value is -2.69. The molecule has 2 heterocycles. The van der Waals surface area contributed by atoms with Crippen LogP contribution in [0.25, 0.3) is 0 Å². The second kappa shape index (κ2) is 11.1. The minimum atomic E-state index is -0.529. The summed E-state index contributed by atoms with van der Waals surface area (Å²) in [5.41, 5.74) is 6.85. The second-order valence-electron chi connectivity index (χ2n) is 12.0. The molecule has 196 valence electrons. The van der Waals surface area contributed by atoms with E-state index in [4.69, 9.17) is 0 Å². The summed E-state index contributed by atoms with van der Waals surface area (Å²) in [6.45, 7) is 20.6. The summed E-state index contributed by atoms with van der Waals surface area (Å²) in [6, 6.07) is 6.31. The maximum Gasteiger partial charge on any atom is 0.151 e. The fraction of sp³-hybridized carbons (Fsp3) is 0.581. The molecule has 0 spiro atoms. The van der Waals surface area contributed by atoms with E-state index < -0.39 is 5.92 Å². The van der Waals surface area contributed by atoms with Gasteiger partial charge in [0.2, 0.25) is 0 Å². The second-order valence-corrected chi connectivity index (χ2v) is 12.0. The number of carbonyl (C=O) groups excluding carboxylic acids is 2. The van der Waals surface area contributed by atoms with Gasteiger partial charge >= 0.3 is 0 Å². The van der Waals surface area contributed by atoms with E-state index in [1.807, 2.05) is 31.8 Å². The van der Waals surface area contributed by atoms with Gasteiger partial charge in [-0.1, -0.05) is 45.0 Å². The van der Waals surface area contributed by atoms with Crippen LogP contribution >= 0.6 is 0 Å². The van der Waals surface area contributed by atoms with Crippen LogP contribution < -0.4 is 0 Å². The van der Waals surface area contributed by atoms with Gasteiger partial charge in [0.05, 0.1) is 5.69 Å². The number of likely N-dealkylation sites (tertiary alicyclic amines) is 1. The van der Waals surface area contributed by atoms with Gasteiger partial charge in [-0.2, -0.15) is 5.10 Å². The van der Waals surface area contributed by atoms with Crippen LogP contribution in [0.15, 0.2) is 31.0 Å². The van der Waals surface area contributed by atoms with Gasteiger partial charge in [0.15, 0.2) is 5.78 Å². The number of rotatable bonds is 4. The Labute approximate surface area is 218 Å². The number of aromatic nitrogens is 2. The topological polar surface area (TPSA) is 55.2 Å². The average Bonchev–Trinajstić information content (AvgIpc) is 3.27. The van der Waals surface area contributed by atoms with Crippen molar-refractivity contribution in [1.29, 1.82) is 0 Å². The maximum absolute atomic E-state index is 13.1. The summed E-state index contributed by atoms with van der Waals surface area (Å²) < 4.78 is 1.92. The van der Waals surface area contributed by atoms with Crippen molar-refractivity contribution in [2.75, 3.05) is 13.1 Å². The van der Waals surface area contributed by atoms with Crippen LogP contribution in [0, 0.1) is 39.5 Å². The van der Waals surface area contributed by atoms with Crippen molar-refractivity contribution >= 4 is 11.6 Å². The van der Waals surface area contributed by atoms with Crippen molar-refractivity contribution in [3.63, 3.8) is 0 Å². The van der Waals surface area contributed by atoms with Crippen molar-refractivity contribution in [2.24, 2.45) is 18.9 Å². The molecule has 4 rings (SSSR count). The SMILES string of the molecule is C=CN1CCC(CC2CC(=O)C(c3c(C)cc(C)cc3C)C2=O)CC1.Cc1cc(C(C)(C)C)nn1C. The highest BCUT2D eigenvalue weighted by Gasteiger charge is 2.43. The van der Waals surface area contributed by atoms with Crippen molar-refractivity contribution < 1.29 is 9.59 Å². The smallest absolute Gasteiger partial charge is 0.151 e. The van der Waals surface area contributed by atoms with Crippen LogP contribution in [-0.4, -0.2) is 39.3 Å². The number of Topliss-reactive ketones (excluding diaryl/α,β-unsaturated/α-hetero) is 2. The number of benzene rings is 1. The number of hydrogen-bond donors (Lipinski definition) is 0. The van der Waals surface area contributed by atoms with Gasteiger partial charge in [-0.3, -0.25) is 14.3 Å². The molecule has 0 bridgehead atoms. The lowest BCUT2D eigenvalue weighted by molar-refractivity contribution is -0.125. The van der Waals surface area contributed by atoms with Crippen LogP contribution in [0.2, 0.25) is 0 Å². The zero-order chi connectivity index (χ0) is 26.8. The third-order valence-electron chi connectivity index (χ3n) is 7.89. The van der Waals surface area contributed by atoms with Gasteiger partial charge in [-0.05, 0) is 81.8 Å². The molecular weight excluding hydrogens is 446 g/mol. The van der Waals surface area contributed by atoms with Crippen LogP contribution in [0.4, 0.5) is 0 Å². The molecule has 1 aromatic heterocycles. The Morgan fingerprint density at radius 1 is 1.03 bits per heavy atom. The molecule has 2 atom stereocenters. The predicted octanol–water partition coefficient (Wildman–Crippen LogP) is 6.13. The highest BCUT2D eigenvalue weighted by Crippen LogP contribution is 2.39. The highest BCUT2D eigenvalue weighted by atomic mass is 16.2. The summed E-state index contributed by atoms with van der Waals surface area (Å²) in [5.74, 6) is 0.216. The summed E-state index contributed by atoms with van der Waals surface area (Å²) in [7, 11) is 1.98. The number of piperidine rings is 1. The zero-order valence-electron chi connectivity index (χ0n) is 23.6. The molecule has 0 N–H and O–H groups in total. The first-order valence-electron chi connectivity index (χ1n) is 13.3. The van der Waals surface area contributed by atoms with Crippen molar-refractivity contribution in [1.82, 2.24) is 14.7 Å². The van der Waals surface area contributed by atoms with Crippen LogP contribution in [0.3, 0.4) is 0 Å². The summed E-state index contributed by atoms with van der Waals surface area (Å²) in [4.78, 5) is 28.0. The third kappa shape index (κ3) is 6.35. The lowest BCUT2D eigenvalue weighted by atomic mass is 9.83. The van der Waals surface area contributed by atoms with Crippen molar-refractivity contribution in [3.05, 3.63) is 64.6 Å². The molecule has 1 saturated carbocycles. The third-order valence-corrected chi connectivity index (χ3v) is 7.89. The number of ketones is 2. The van der Waals surface area contributed by atoms with Gasteiger partial charge in [0.25, 0.3) is 0 Å². The number of aryl methyl sites for hydroxylation is 5. The minimum Gasteiger partial charge on any atom is -0.378 e. The molecule has 1 saturated heterocycles. The molecule has 1 aromatic carbocycles. The molecule has 0 radical (unpaired) electrons. The first kappa shape index (κ1) is 27.9. The van der Waals surface area contributed by atoms with Gasteiger partial charge in [0.1, 0.15) is 11.7 Å². The van der Waals surface area contributed by atoms with Crippen molar-refractivity contribution in [2.45, 2.75) is 85.5 Å². The largest absolute Gasteiger partial charge is 0.378 e. The predicted molar refractivity (Wildman–Crippen MR) is 147 cm³/mol. The van der Waals surface area contributed by atoms with E-state index in [2.05, 4.69) is 69.4 Å². The Morgan fingerprint density at radius 3 is 2.06 bits per heavy atom. The standard InChI is InChI=1S/C22H29NO2.C9H16N2/c1-5-23-8-6-17(7-9-23)12-18-13-19(24)21(22(18)25)20-15(3)10-14(2)11-16(20)4;1-7-6-8(9(2,3)4)10-11(7)5/h5,10-11,17-18,21H,1,6-9,12-13H2,2-4H3;6H,1-5H3. The molecule has 0 amide bonds. The Balaban J connectivity index is 0.000000275. The van der Waals surface area contributed by atoms with E-state index in [9.17, 15) is 9.59 Å². The fourth-order valence-corrected chi connectivity index (χ4v) is 5.71. The molecule has 5 nitrogen and oxygen atoms in total. The van der Waals surface area contributed by atoms with E-state index >= 15 is 0 Å². The maximum atomic E-state index is 13.1. The minimum absolute atomic E-state index is 0.0853. The average molecular weight is 492 g/mol. The van der Waals surface area contributed by atoms with Gasteiger partial charge < -0.3 is 4.90 Å². The van der Waals surface area contributed by atoms with Crippen LogP contribution in [0.1, 0.15) is 86.0 Å². The molecule has 1 aliphatic heterocycles. The molecular formula is C31H45N3O2. The first-order valence-corrected chi connectivity index (χ1v) is 13.3. The summed E-state index contributed by atoms with van der Waals surface area (Å²) in [5, 5.41) is 4.40. The quantitative estimate of drug-likeness (QED) is 0.483. The molecule has 1 aliphatic carbocycles. The fourth-order valence-electron chi connectivity index (χ4n) is 5.71. The molecule has 2 unspecified atom stereocenters. The van der Waals surface area contributed by atoms with Crippen LogP contribution in [0.5, 0.6) is 0 Å². The monoisotopic (exact) mass is 491 g/mol. The number of hydrogen-bond acceptors (Lipinski definition) is 4. The van der Waals surface area contributed by atoms with E-state index in [0.29, 0.717) is 12.3 Å². The van der Waals surface area contributed by atoms with E-state index in [-0.39, 0.29) is 22.9 Å². The van der Waals surface area contributed by atoms with Crippen molar-refractivity contribution in [3.8, 4) is 0 Å². The van der Waals surface area contributed by atoms with E-state index in [1.54, 1.807) is 0 Å². The first-order chi connectivity index (χ1) is 16.8. The van der Waals surface area contributed by atoms with Gasteiger partial charge in [0, 0.05) is 43.6 Å². The lowest BCUT2D eigenvalue weighted by Crippen LogP contribution is -2.30. The highest BCUT2D eigenvalue weighted by molar-refractivity contribution is 6.15. The van der Waals surface area contributed by atoms with Crippen LogP contribution in [-0.2, 0) is 22.1 Å². The van der Waals surface area contributed by atoms with E-state index in [1.165, 1.54) is 11.3 Å². The molecule has 2 aliphatic rings. The summed E-state index contributed by atoms with van der Waals surface area (Å²) >= 11 is 0. The Bertz CT molecular complexity index is 1070. The Kier molecular flexibility index (Phi) is 8.63. The number of nitrogens with zero attached hydrogens (tertiary/aromatic N) is 3. The molecule has 2 fully saturated rings. The van der Waals surface area contributed by atoms with Gasteiger partial charge in [-0.25, -0.2) is 0 Å².